The lowest BCUT2D eigenvalue weighted by Gasteiger charge is -2.27. The Hall–Kier alpha value is -2.20. The zero-order chi connectivity index (χ0) is 19.2. The van der Waals surface area contributed by atoms with Crippen LogP contribution in [0.25, 0.3) is 11.2 Å². The number of fused-ring (bicyclic) bond motifs is 1. The van der Waals surface area contributed by atoms with Crippen molar-refractivity contribution in [2.45, 2.75) is 30.6 Å². The van der Waals surface area contributed by atoms with Crippen molar-refractivity contribution in [1.82, 2.24) is 19.0 Å². The fourth-order valence-corrected chi connectivity index (χ4v) is 4.70. The third-order valence-electron chi connectivity index (χ3n) is 4.85. The number of aromatic nitrogens is 2. The second-order valence-electron chi connectivity index (χ2n) is 6.94. The zero-order valence-electron chi connectivity index (χ0n) is 15.2. The standard InChI is InChI=1S/C18H22N4O4S/c1-12-7-14(9-21(2)18(12)23)13-3-4-16-19-8-17(22(16)10-13)27(24,25)20-15-5-6-26-11-15/h3-4,7-10,15,18,20,23H,5-6,11H2,1-2H3. The zero-order valence-corrected chi connectivity index (χ0v) is 16.0. The smallest absolute Gasteiger partial charge is 0.258 e. The summed E-state index contributed by atoms with van der Waals surface area (Å²) >= 11 is 0. The highest BCUT2D eigenvalue weighted by atomic mass is 32.2. The van der Waals surface area contributed by atoms with Crippen LogP contribution in [-0.2, 0) is 14.8 Å². The Balaban J connectivity index is 1.73. The molecule has 4 heterocycles. The van der Waals surface area contributed by atoms with Gasteiger partial charge in [0.2, 0.25) is 0 Å². The maximum atomic E-state index is 12.8. The van der Waals surface area contributed by atoms with Gasteiger partial charge in [-0.15, -0.1) is 0 Å². The number of nitrogens with zero attached hydrogens (tertiary/aromatic N) is 3. The van der Waals surface area contributed by atoms with E-state index in [1.165, 1.54) is 6.20 Å². The molecule has 2 unspecified atom stereocenters. The number of rotatable bonds is 4. The van der Waals surface area contributed by atoms with Crippen LogP contribution in [0.5, 0.6) is 0 Å². The molecule has 0 bridgehead atoms. The third kappa shape index (κ3) is 3.39. The fraction of sp³-hybridized carbons (Fsp3) is 0.389. The summed E-state index contributed by atoms with van der Waals surface area (Å²) in [5, 5.41) is 10.1. The molecule has 0 radical (unpaired) electrons. The molecule has 1 fully saturated rings. The first-order valence-corrected chi connectivity index (χ1v) is 10.2. The summed E-state index contributed by atoms with van der Waals surface area (Å²) in [7, 11) is -1.93. The lowest BCUT2D eigenvalue weighted by atomic mass is 10.0. The van der Waals surface area contributed by atoms with E-state index < -0.39 is 16.3 Å². The maximum absolute atomic E-state index is 12.8. The molecular weight excluding hydrogens is 368 g/mol. The lowest BCUT2D eigenvalue weighted by molar-refractivity contribution is 0.0868. The van der Waals surface area contributed by atoms with Gasteiger partial charge in [0.25, 0.3) is 10.0 Å². The molecule has 0 amide bonds. The topological polar surface area (TPSA) is 96.2 Å². The quantitative estimate of drug-likeness (QED) is 0.807. The number of allylic oxidation sites excluding steroid dienone is 2. The summed E-state index contributed by atoms with van der Waals surface area (Å²) in [5.41, 5.74) is 3.08. The monoisotopic (exact) mass is 390 g/mol. The second kappa shape index (κ2) is 6.75. The molecule has 0 aliphatic carbocycles. The first kappa shape index (κ1) is 18.2. The SMILES string of the molecule is CC1=CC(c2ccc3ncc(S(=O)(=O)NC4CCOC4)n3c2)=CN(C)C1O. The molecule has 144 valence electrons. The molecule has 1 saturated heterocycles. The molecule has 0 saturated carbocycles. The van der Waals surface area contributed by atoms with Gasteiger partial charge in [0.15, 0.2) is 5.03 Å². The summed E-state index contributed by atoms with van der Waals surface area (Å²) in [5.74, 6) is 0. The van der Waals surface area contributed by atoms with Crippen molar-refractivity contribution in [2.75, 3.05) is 20.3 Å². The van der Waals surface area contributed by atoms with Crippen LogP contribution >= 0.6 is 0 Å². The van der Waals surface area contributed by atoms with E-state index in [2.05, 4.69) is 9.71 Å². The largest absolute Gasteiger partial charge is 0.380 e. The fourth-order valence-electron chi connectivity index (χ4n) is 3.36. The predicted octanol–water partition coefficient (Wildman–Crippen LogP) is 0.952. The van der Waals surface area contributed by atoms with E-state index in [4.69, 9.17) is 4.74 Å². The lowest BCUT2D eigenvalue weighted by Crippen LogP contribution is -2.35. The summed E-state index contributed by atoms with van der Waals surface area (Å²) in [6.45, 7) is 2.80. The molecule has 27 heavy (non-hydrogen) atoms. The Morgan fingerprint density at radius 3 is 2.89 bits per heavy atom. The van der Waals surface area contributed by atoms with Gasteiger partial charge < -0.3 is 14.7 Å². The minimum absolute atomic E-state index is 0.0942. The molecule has 2 aromatic heterocycles. The number of hydrogen-bond donors (Lipinski definition) is 2. The van der Waals surface area contributed by atoms with E-state index in [1.54, 1.807) is 28.6 Å². The van der Waals surface area contributed by atoms with Gasteiger partial charge in [-0.05, 0) is 48.3 Å². The van der Waals surface area contributed by atoms with Crippen molar-refractivity contribution in [3.05, 3.63) is 47.9 Å². The van der Waals surface area contributed by atoms with Crippen LogP contribution in [0.1, 0.15) is 18.9 Å². The maximum Gasteiger partial charge on any atom is 0.258 e. The molecule has 9 heteroatoms. The van der Waals surface area contributed by atoms with Crippen molar-refractivity contribution in [2.24, 2.45) is 0 Å². The highest BCUT2D eigenvalue weighted by Crippen LogP contribution is 2.26. The molecule has 2 aliphatic heterocycles. The van der Waals surface area contributed by atoms with Gasteiger partial charge >= 0.3 is 0 Å². The van der Waals surface area contributed by atoms with Crippen LogP contribution in [-0.4, -0.2) is 60.3 Å². The average molecular weight is 390 g/mol. The molecule has 2 aromatic rings. The van der Waals surface area contributed by atoms with E-state index >= 15 is 0 Å². The Morgan fingerprint density at radius 2 is 2.19 bits per heavy atom. The average Bonchev–Trinajstić information content (AvgIpc) is 3.27. The molecule has 0 aromatic carbocycles. The minimum atomic E-state index is -3.72. The number of nitrogens with one attached hydrogen (secondary N) is 1. The first-order valence-electron chi connectivity index (χ1n) is 8.73. The second-order valence-corrected chi connectivity index (χ2v) is 8.60. The highest BCUT2D eigenvalue weighted by molar-refractivity contribution is 7.89. The van der Waals surface area contributed by atoms with Gasteiger partial charge in [0.05, 0.1) is 12.8 Å². The van der Waals surface area contributed by atoms with Gasteiger partial charge in [-0.1, -0.05) is 0 Å². The number of pyridine rings is 1. The van der Waals surface area contributed by atoms with E-state index in [0.717, 1.165) is 16.7 Å². The van der Waals surface area contributed by atoms with Gasteiger partial charge in [0.1, 0.15) is 11.9 Å². The molecule has 0 spiro atoms. The summed E-state index contributed by atoms with van der Waals surface area (Å²) in [6.07, 6.45) is 6.85. The number of ether oxygens (including phenoxy) is 1. The van der Waals surface area contributed by atoms with Crippen molar-refractivity contribution in [3.8, 4) is 0 Å². The van der Waals surface area contributed by atoms with E-state index in [0.29, 0.717) is 25.3 Å². The number of aliphatic hydroxyl groups is 1. The van der Waals surface area contributed by atoms with Crippen molar-refractivity contribution in [1.29, 1.82) is 0 Å². The Kier molecular flexibility index (Phi) is 4.55. The molecule has 8 nitrogen and oxygen atoms in total. The van der Waals surface area contributed by atoms with Crippen molar-refractivity contribution >= 4 is 21.2 Å². The number of imidazole rings is 1. The van der Waals surface area contributed by atoms with Crippen LogP contribution in [0, 0.1) is 0 Å². The Bertz CT molecular complexity index is 1030. The van der Waals surface area contributed by atoms with E-state index in [-0.39, 0.29) is 11.1 Å². The molecule has 2 N–H and O–H groups in total. The van der Waals surface area contributed by atoms with Gasteiger partial charge in [-0.25, -0.2) is 18.1 Å². The number of likely N-dealkylation sites (N-methyl/N-ethyl adjacent to an activating group) is 1. The predicted molar refractivity (Wildman–Crippen MR) is 100 cm³/mol. The number of aliphatic hydroxyl groups excluding tert-OH is 1. The summed E-state index contributed by atoms with van der Waals surface area (Å²) in [4.78, 5) is 5.93. The summed E-state index contributed by atoms with van der Waals surface area (Å²) < 4.78 is 35.1. The van der Waals surface area contributed by atoms with Crippen molar-refractivity contribution < 1.29 is 18.3 Å². The van der Waals surface area contributed by atoms with Crippen LogP contribution in [0.15, 0.2) is 47.4 Å². The Labute approximate surface area is 157 Å². The minimum Gasteiger partial charge on any atom is -0.380 e. The van der Waals surface area contributed by atoms with Crippen LogP contribution in [0.2, 0.25) is 0 Å². The summed E-state index contributed by atoms with van der Waals surface area (Å²) in [6, 6.07) is 3.45. The van der Waals surface area contributed by atoms with Crippen LogP contribution < -0.4 is 4.72 Å². The van der Waals surface area contributed by atoms with Crippen LogP contribution in [0.3, 0.4) is 0 Å². The third-order valence-corrected chi connectivity index (χ3v) is 6.35. The highest BCUT2D eigenvalue weighted by Gasteiger charge is 2.26. The number of sulfonamides is 1. The number of hydrogen-bond acceptors (Lipinski definition) is 6. The first-order chi connectivity index (χ1) is 12.8. The molecule has 2 atom stereocenters. The molecule has 4 rings (SSSR count). The molecule has 2 aliphatic rings. The molecular formula is C18H22N4O4S. The normalized spacial score (nSPS) is 23.6. The Morgan fingerprint density at radius 1 is 1.37 bits per heavy atom. The van der Waals surface area contributed by atoms with Gasteiger partial charge in [0, 0.05) is 32.1 Å². The van der Waals surface area contributed by atoms with Gasteiger partial charge in [-0.2, -0.15) is 0 Å². The van der Waals surface area contributed by atoms with E-state index in [9.17, 15) is 13.5 Å². The van der Waals surface area contributed by atoms with Crippen molar-refractivity contribution in [3.63, 3.8) is 0 Å². The van der Waals surface area contributed by atoms with Gasteiger partial charge in [-0.3, -0.25) is 4.40 Å². The van der Waals surface area contributed by atoms with E-state index in [1.807, 2.05) is 25.3 Å². The van der Waals surface area contributed by atoms with Crippen LogP contribution in [0.4, 0.5) is 0 Å².